The molecule has 1 heterocycles. The third-order valence-corrected chi connectivity index (χ3v) is 6.61. The SMILES string of the molecule is C/C(=C/C(=O)N(C)C1CCN(C)CC1)c1ccccc1Sc1ccc(Cl)cc1. The number of halogens is 1. The summed E-state index contributed by atoms with van der Waals surface area (Å²) in [5, 5.41) is 0.733. The minimum atomic E-state index is 0.0818. The van der Waals surface area contributed by atoms with Gasteiger partial charge >= 0.3 is 0 Å². The summed E-state index contributed by atoms with van der Waals surface area (Å²) in [6.45, 7) is 4.11. The van der Waals surface area contributed by atoms with E-state index in [2.05, 4.69) is 24.1 Å². The molecule has 0 unspecified atom stereocenters. The number of likely N-dealkylation sites (tertiary alicyclic amines) is 1. The molecule has 148 valence electrons. The number of allylic oxidation sites excluding steroid dienone is 1. The molecule has 0 saturated carbocycles. The van der Waals surface area contributed by atoms with Gasteiger partial charge in [-0.1, -0.05) is 41.6 Å². The maximum atomic E-state index is 12.8. The highest BCUT2D eigenvalue weighted by atomic mass is 35.5. The molecule has 1 amide bonds. The molecule has 2 aromatic carbocycles. The zero-order chi connectivity index (χ0) is 20.1. The highest BCUT2D eigenvalue weighted by Gasteiger charge is 2.23. The number of nitrogens with zero attached hydrogens (tertiary/aromatic N) is 2. The van der Waals surface area contributed by atoms with Crippen LogP contribution in [0.4, 0.5) is 0 Å². The van der Waals surface area contributed by atoms with Crippen molar-refractivity contribution < 1.29 is 4.79 Å². The van der Waals surface area contributed by atoms with Crippen LogP contribution in [0, 0.1) is 0 Å². The van der Waals surface area contributed by atoms with Gasteiger partial charge < -0.3 is 9.80 Å². The first-order valence-electron chi connectivity index (χ1n) is 9.60. The molecule has 0 spiro atoms. The summed E-state index contributed by atoms with van der Waals surface area (Å²) in [5.74, 6) is 0.0818. The summed E-state index contributed by atoms with van der Waals surface area (Å²) in [6, 6.07) is 16.4. The van der Waals surface area contributed by atoms with Gasteiger partial charge in [0.15, 0.2) is 0 Å². The second kappa shape index (κ2) is 9.64. The fraction of sp³-hybridized carbons (Fsp3) is 0.348. The van der Waals surface area contributed by atoms with Crippen molar-refractivity contribution in [2.45, 2.75) is 35.6 Å². The maximum Gasteiger partial charge on any atom is 0.246 e. The lowest BCUT2D eigenvalue weighted by Crippen LogP contribution is -2.44. The molecule has 1 fully saturated rings. The lowest BCUT2D eigenvalue weighted by molar-refractivity contribution is -0.127. The Hall–Kier alpha value is -1.75. The predicted molar refractivity (Wildman–Crippen MR) is 119 cm³/mol. The van der Waals surface area contributed by atoms with Crippen molar-refractivity contribution in [2.75, 3.05) is 27.2 Å². The molecule has 1 aliphatic heterocycles. The maximum absolute atomic E-state index is 12.8. The molecule has 0 bridgehead atoms. The summed E-state index contributed by atoms with van der Waals surface area (Å²) in [6.07, 6.45) is 3.85. The quantitative estimate of drug-likeness (QED) is 0.608. The molecule has 0 aliphatic carbocycles. The van der Waals surface area contributed by atoms with E-state index >= 15 is 0 Å². The molecule has 2 aromatic rings. The van der Waals surface area contributed by atoms with Crippen LogP contribution < -0.4 is 0 Å². The first kappa shape index (κ1) is 21.0. The monoisotopic (exact) mass is 414 g/mol. The summed E-state index contributed by atoms with van der Waals surface area (Å²) >= 11 is 7.68. The van der Waals surface area contributed by atoms with Crippen LogP contribution in [0.25, 0.3) is 5.57 Å². The van der Waals surface area contributed by atoms with Crippen molar-refractivity contribution in [1.29, 1.82) is 0 Å². The van der Waals surface area contributed by atoms with Gasteiger partial charge in [-0.25, -0.2) is 0 Å². The van der Waals surface area contributed by atoms with Gasteiger partial charge in [0.05, 0.1) is 0 Å². The fourth-order valence-corrected chi connectivity index (χ4v) is 4.58. The number of likely N-dealkylation sites (N-methyl/N-ethyl adjacent to an activating group) is 1. The Bertz CT molecular complexity index is 842. The van der Waals surface area contributed by atoms with Gasteiger partial charge in [-0.05, 0) is 81.4 Å². The van der Waals surface area contributed by atoms with Crippen LogP contribution in [0.3, 0.4) is 0 Å². The number of rotatable bonds is 5. The van der Waals surface area contributed by atoms with Crippen molar-refractivity contribution in [1.82, 2.24) is 9.80 Å². The second-order valence-corrected chi connectivity index (χ2v) is 8.91. The van der Waals surface area contributed by atoms with E-state index in [1.165, 1.54) is 0 Å². The van der Waals surface area contributed by atoms with E-state index in [1.807, 2.05) is 55.3 Å². The van der Waals surface area contributed by atoms with Crippen molar-refractivity contribution in [3.05, 3.63) is 65.2 Å². The normalized spacial score (nSPS) is 16.2. The first-order valence-corrected chi connectivity index (χ1v) is 10.8. The van der Waals surface area contributed by atoms with Crippen LogP contribution in [0.5, 0.6) is 0 Å². The Morgan fingerprint density at radius 3 is 2.46 bits per heavy atom. The van der Waals surface area contributed by atoms with Crippen LogP contribution in [-0.4, -0.2) is 48.9 Å². The molecule has 3 rings (SSSR count). The van der Waals surface area contributed by atoms with E-state index < -0.39 is 0 Å². The van der Waals surface area contributed by atoms with E-state index in [1.54, 1.807) is 17.8 Å². The Kier molecular flexibility index (Phi) is 7.22. The number of hydrogen-bond acceptors (Lipinski definition) is 3. The summed E-state index contributed by atoms with van der Waals surface area (Å²) < 4.78 is 0. The number of piperidine rings is 1. The van der Waals surface area contributed by atoms with E-state index in [0.717, 1.165) is 51.9 Å². The zero-order valence-corrected chi connectivity index (χ0v) is 18.3. The average Bonchev–Trinajstić information content (AvgIpc) is 2.70. The second-order valence-electron chi connectivity index (χ2n) is 7.36. The minimum Gasteiger partial charge on any atom is -0.339 e. The van der Waals surface area contributed by atoms with Crippen molar-refractivity contribution in [3.63, 3.8) is 0 Å². The fourth-order valence-electron chi connectivity index (χ4n) is 3.44. The highest BCUT2D eigenvalue weighted by molar-refractivity contribution is 7.99. The van der Waals surface area contributed by atoms with Gasteiger partial charge in [-0.2, -0.15) is 0 Å². The molecule has 0 radical (unpaired) electrons. The van der Waals surface area contributed by atoms with Crippen LogP contribution in [0.15, 0.2) is 64.4 Å². The molecule has 0 aromatic heterocycles. The largest absolute Gasteiger partial charge is 0.339 e. The number of hydrogen-bond donors (Lipinski definition) is 0. The van der Waals surface area contributed by atoms with Gasteiger partial charge in [-0.3, -0.25) is 4.79 Å². The summed E-state index contributed by atoms with van der Waals surface area (Å²) in [4.78, 5) is 19.3. The first-order chi connectivity index (χ1) is 13.4. The molecule has 1 aliphatic rings. The highest BCUT2D eigenvalue weighted by Crippen LogP contribution is 2.34. The van der Waals surface area contributed by atoms with E-state index in [-0.39, 0.29) is 5.91 Å². The molecule has 3 nitrogen and oxygen atoms in total. The Morgan fingerprint density at radius 1 is 1.14 bits per heavy atom. The zero-order valence-electron chi connectivity index (χ0n) is 16.7. The third kappa shape index (κ3) is 5.40. The van der Waals surface area contributed by atoms with Crippen LogP contribution in [-0.2, 0) is 4.79 Å². The standard InChI is InChI=1S/C23H27ClN2OS/c1-17(16-23(27)26(3)19-12-14-25(2)15-13-19)21-6-4-5-7-22(21)28-20-10-8-18(24)9-11-20/h4-11,16,19H,12-15H2,1-3H3/b17-16-. The minimum absolute atomic E-state index is 0.0818. The van der Waals surface area contributed by atoms with Crippen molar-refractivity contribution >= 4 is 34.8 Å². The lowest BCUT2D eigenvalue weighted by atomic mass is 10.0. The predicted octanol–water partition coefficient (Wildman–Crippen LogP) is 5.45. The molecular weight excluding hydrogens is 388 g/mol. The van der Waals surface area contributed by atoms with Crippen LogP contribution >= 0.6 is 23.4 Å². The molecular formula is C23H27ClN2OS. The third-order valence-electron chi connectivity index (χ3n) is 5.28. The van der Waals surface area contributed by atoms with Crippen LogP contribution in [0.1, 0.15) is 25.3 Å². The van der Waals surface area contributed by atoms with Gasteiger partial charge in [-0.15, -0.1) is 0 Å². The van der Waals surface area contributed by atoms with Gasteiger partial charge in [0.25, 0.3) is 0 Å². The Balaban J connectivity index is 1.75. The lowest BCUT2D eigenvalue weighted by Gasteiger charge is -2.34. The number of carbonyl (C=O) groups excluding carboxylic acids is 1. The number of amides is 1. The Morgan fingerprint density at radius 2 is 1.79 bits per heavy atom. The topological polar surface area (TPSA) is 23.6 Å². The van der Waals surface area contributed by atoms with Crippen molar-refractivity contribution in [2.24, 2.45) is 0 Å². The van der Waals surface area contributed by atoms with Gasteiger partial charge in [0.2, 0.25) is 5.91 Å². The molecule has 0 N–H and O–H groups in total. The molecule has 0 atom stereocenters. The van der Waals surface area contributed by atoms with E-state index in [0.29, 0.717) is 6.04 Å². The summed E-state index contributed by atoms with van der Waals surface area (Å²) in [5.41, 5.74) is 2.08. The van der Waals surface area contributed by atoms with Gasteiger partial charge in [0.1, 0.15) is 0 Å². The molecule has 1 saturated heterocycles. The number of carbonyl (C=O) groups is 1. The van der Waals surface area contributed by atoms with Crippen molar-refractivity contribution in [3.8, 4) is 0 Å². The van der Waals surface area contributed by atoms with Gasteiger partial charge in [0, 0.05) is 34.0 Å². The average molecular weight is 415 g/mol. The molecule has 28 heavy (non-hydrogen) atoms. The molecule has 5 heteroatoms. The van der Waals surface area contributed by atoms with E-state index in [4.69, 9.17) is 11.6 Å². The summed E-state index contributed by atoms with van der Waals surface area (Å²) in [7, 11) is 4.06. The Labute approximate surface area is 177 Å². The number of benzene rings is 2. The van der Waals surface area contributed by atoms with Crippen LogP contribution in [0.2, 0.25) is 5.02 Å². The smallest absolute Gasteiger partial charge is 0.246 e. The van der Waals surface area contributed by atoms with E-state index in [9.17, 15) is 4.79 Å².